The van der Waals surface area contributed by atoms with E-state index in [1.165, 1.54) is 5.56 Å². The van der Waals surface area contributed by atoms with Crippen molar-refractivity contribution < 1.29 is 9.26 Å². The molecule has 0 saturated carbocycles. The van der Waals surface area contributed by atoms with Crippen LogP contribution in [0.25, 0.3) is 11.5 Å². The molecule has 2 aromatic carbocycles. The SMILES string of the molecule is Cc1ccc(OCc2noc(-c3ccccc3Cl)n2)cc1. The van der Waals surface area contributed by atoms with Gasteiger partial charge in [-0.15, -0.1) is 0 Å². The molecule has 0 atom stereocenters. The molecule has 106 valence electrons. The fraction of sp³-hybridized carbons (Fsp3) is 0.125. The maximum atomic E-state index is 6.10. The van der Waals surface area contributed by atoms with Gasteiger partial charge in [-0.25, -0.2) is 0 Å². The van der Waals surface area contributed by atoms with Crippen molar-refractivity contribution in [2.45, 2.75) is 13.5 Å². The van der Waals surface area contributed by atoms with Gasteiger partial charge in [-0.1, -0.05) is 46.6 Å². The zero-order valence-corrected chi connectivity index (χ0v) is 12.2. The lowest BCUT2D eigenvalue weighted by atomic mass is 10.2. The molecule has 0 aliphatic rings. The lowest BCUT2D eigenvalue weighted by Crippen LogP contribution is -1.97. The number of aromatic nitrogens is 2. The molecule has 0 N–H and O–H groups in total. The van der Waals surface area contributed by atoms with E-state index in [4.69, 9.17) is 20.9 Å². The van der Waals surface area contributed by atoms with Gasteiger partial charge in [-0.3, -0.25) is 0 Å². The van der Waals surface area contributed by atoms with Gasteiger partial charge < -0.3 is 9.26 Å². The van der Waals surface area contributed by atoms with Gasteiger partial charge in [0, 0.05) is 0 Å². The van der Waals surface area contributed by atoms with Crippen LogP contribution in [0, 0.1) is 6.92 Å². The smallest absolute Gasteiger partial charge is 0.259 e. The van der Waals surface area contributed by atoms with Crippen LogP contribution in [0.4, 0.5) is 0 Å². The zero-order valence-electron chi connectivity index (χ0n) is 11.4. The third kappa shape index (κ3) is 3.23. The average Bonchev–Trinajstić information content (AvgIpc) is 2.96. The van der Waals surface area contributed by atoms with Gasteiger partial charge in [0.05, 0.1) is 10.6 Å². The van der Waals surface area contributed by atoms with Crippen LogP contribution >= 0.6 is 11.6 Å². The van der Waals surface area contributed by atoms with Gasteiger partial charge in [-0.05, 0) is 31.2 Å². The van der Waals surface area contributed by atoms with E-state index in [0.717, 1.165) is 5.75 Å². The molecule has 21 heavy (non-hydrogen) atoms. The molecule has 0 bridgehead atoms. The first-order valence-corrected chi connectivity index (χ1v) is 6.87. The first-order valence-electron chi connectivity index (χ1n) is 6.49. The summed E-state index contributed by atoms with van der Waals surface area (Å²) in [6.45, 7) is 2.27. The predicted molar refractivity (Wildman–Crippen MR) is 80.3 cm³/mol. The first kappa shape index (κ1) is 13.6. The van der Waals surface area contributed by atoms with Crippen molar-refractivity contribution in [2.24, 2.45) is 0 Å². The minimum atomic E-state index is 0.247. The zero-order chi connectivity index (χ0) is 14.7. The van der Waals surface area contributed by atoms with E-state index in [-0.39, 0.29) is 6.61 Å². The fourth-order valence-corrected chi connectivity index (χ4v) is 2.06. The lowest BCUT2D eigenvalue weighted by molar-refractivity contribution is 0.287. The number of ether oxygens (including phenoxy) is 1. The van der Waals surface area contributed by atoms with Crippen LogP contribution < -0.4 is 4.74 Å². The highest BCUT2D eigenvalue weighted by Gasteiger charge is 2.11. The number of benzene rings is 2. The van der Waals surface area contributed by atoms with Crippen molar-refractivity contribution in [1.29, 1.82) is 0 Å². The molecule has 0 aliphatic heterocycles. The second-order valence-electron chi connectivity index (χ2n) is 4.60. The third-order valence-corrected chi connectivity index (χ3v) is 3.29. The van der Waals surface area contributed by atoms with Crippen LogP contribution in [0.1, 0.15) is 11.4 Å². The van der Waals surface area contributed by atoms with E-state index in [2.05, 4.69) is 10.1 Å². The van der Waals surface area contributed by atoms with Crippen molar-refractivity contribution >= 4 is 11.6 Å². The lowest BCUT2D eigenvalue weighted by Gasteiger charge is -2.02. The van der Waals surface area contributed by atoms with E-state index in [1.54, 1.807) is 6.07 Å². The largest absolute Gasteiger partial charge is 0.485 e. The summed E-state index contributed by atoms with van der Waals surface area (Å²) in [5.41, 5.74) is 1.90. The van der Waals surface area contributed by atoms with Crippen molar-refractivity contribution in [3.8, 4) is 17.2 Å². The summed E-state index contributed by atoms with van der Waals surface area (Å²) in [6, 6.07) is 15.1. The Balaban J connectivity index is 1.71. The van der Waals surface area contributed by atoms with Gasteiger partial charge in [0.15, 0.2) is 6.61 Å². The highest BCUT2D eigenvalue weighted by atomic mass is 35.5. The Kier molecular flexibility index (Phi) is 3.88. The Morgan fingerprint density at radius 3 is 2.62 bits per heavy atom. The van der Waals surface area contributed by atoms with Gasteiger partial charge in [0.2, 0.25) is 5.82 Å². The van der Waals surface area contributed by atoms with Gasteiger partial charge in [0.25, 0.3) is 5.89 Å². The summed E-state index contributed by atoms with van der Waals surface area (Å²) < 4.78 is 10.8. The molecule has 4 nitrogen and oxygen atoms in total. The van der Waals surface area contributed by atoms with E-state index in [1.807, 2.05) is 49.4 Å². The molecule has 0 saturated heterocycles. The summed E-state index contributed by atoms with van der Waals surface area (Å²) in [4.78, 5) is 4.29. The number of aryl methyl sites for hydroxylation is 1. The van der Waals surface area contributed by atoms with E-state index >= 15 is 0 Å². The normalized spacial score (nSPS) is 10.6. The molecule has 0 unspecified atom stereocenters. The Morgan fingerprint density at radius 2 is 1.86 bits per heavy atom. The molecule has 5 heteroatoms. The topological polar surface area (TPSA) is 48.2 Å². The van der Waals surface area contributed by atoms with Crippen LogP contribution in [0.2, 0.25) is 5.02 Å². The highest BCUT2D eigenvalue weighted by molar-refractivity contribution is 6.33. The number of rotatable bonds is 4. The van der Waals surface area contributed by atoms with Crippen LogP contribution in [0.3, 0.4) is 0 Å². The van der Waals surface area contributed by atoms with Crippen molar-refractivity contribution in [3.05, 3.63) is 64.9 Å². The van der Waals surface area contributed by atoms with Crippen molar-refractivity contribution in [2.75, 3.05) is 0 Å². The summed E-state index contributed by atoms with van der Waals surface area (Å²) >= 11 is 6.10. The molecule has 0 spiro atoms. The van der Waals surface area contributed by atoms with Crippen molar-refractivity contribution in [1.82, 2.24) is 10.1 Å². The molecule has 0 radical (unpaired) electrons. The summed E-state index contributed by atoms with van der Waals surface area (Å²) in [5.74, 6) is 1.64. The van der Waals surface area contributed by atoms with Gasteiger partial charge in [-0.2, -0.15) is 4.98 Å². The molecule has 3 aromatic rings. The number of hydrogen-bond acceptors (Lipinski definition) is 4. The minimum absolute atomic E-state index is 0.247. The Bertz CT molecular complexity index is 738. The third-order valence-electron chi connectivity index (χ3n) is 2.96. The second kappa shape index (κ2) is 5.97. The first-order chi connectivity index (χ1) is 10.2. The fourth-order valence-electron chi connectivity index (χ4n) is 1.84. The van der Waals surface area contributed by atoms with Gasteiger partial charge in [0.1, 0.15) is 5.75 Å². The summed E-state index contributed by atoms with van der Waals surface area (Å²) in [7, 11) is 0. The van der Waals surface area contributed by atoms with E-state index in [0.29, 0.717) is 22.3 Å². The Labute approximate surface area is 127 Å². The predicted octanol–water partition coefficient (Wildman–Crippen LogP) is 4.28. The summed E-state index contributed by atoms with van der Waals surface area (Å²) in [5, 5.41) is 4.47. The monoisotopic (exact) mass is 300 g/mol. The maximum Gasteiger partial charge on any atom is 0.259 e. The quantitative estimate of drug-likeness (QED) is 0.721. The molecule has 3 rings (SSSR count). The van der Waals surface area contributed by atoms with Crippen LogP contribution in [0.15, 0.2) is 53.1 Å². The molecule has 0 aliphatic carbocycles. The van der Waals surface area contributed by atoms with E-state index < -0.39 is 0 Å². The molecule has 0 fully saturated rings. The molecule has 1 aromatic heterocycles. The van der Waals surface area contributed by atoms with Crippen LogP contribution in [-0.2, 0) is 6.61 Å². The highest BCUT2D eigenvalue weighted by Crippen LogP contribution is 2.26. The Morgan fingerprint density at radius 1 is 1.10 bits per heavy atom. The standard InChI is InChI=1S/C16H13ClN2O2/c1-11-6-8-12(9-7-11)20-10-15-18-16(21-19-15)13-4-2-3-5-14(13)17/h2-9H,10H2,1H3. The van der Waals surface area contributed by atoms with Crippen LogP contribution in [-0.4, -0.2) is 10.1 Å². The minimum Gasteiger partial charge on any atom is -0.485 e. The second-order valence-corrected chi connectivity index (χ2v) is 5.00. The molecule has 0 amide bonds. The number of nitrogens with zero attached hydrogens (tertiary/aromatic N) is 2. The van der Waals surface area contributed by atoms with Crippen molar-refractivity contribution in [3.63, 3.8) is 0 Å². The van der Waals surface area contributed by atoms with E-state index in [9.17, 15) is 0 Å². The Hall–Kier alpha value is -2.33. The van der Waals surface area contributed by atoms with Gasteiger partial charge >= 0.3 is 0 Å². The van der Waals surface area contributed by atoms with Crippen LogP contribution in [0.5, 0.6) is 5.75 Å². The molecular weight excluding hydrogens is 288 g/mol. The molecular formula is C16H13ClN2O2. The maximum absolute atomic E-state index is 6.10. The summed E-state index contributed by atoms with van der Waals surface area (Å²) in [6.07, 6.45) is 0. The average molecular weight is 301 g/mol. The number of hydrogen-bond donors (Lipinski definition) is 0. The number of halogens is 1. The molecule has 1 heterocycles.